The number of piperazine rings is 1. The first-order valence-electron chi connectivity index (χ1n) is 6.00. The molecule has 10 heteroatoms. The van der Waals surface area contributed by atoms with Gasteiger partial charge in [-0.15, -0.1) is 24.8 Å². The summed E-state index contributed by atoms with van der Waals surface area (Å²) in [6, 6.07) is 1.32. The molecule has 0 aromatic heterocycles. The average Bonchev–Trinajstić information content (AvgIpc) is 2.35. The topological polar surface area (TPSA) is 35.5 Å². The highest BCUT2D eigenvalue weighted by Crippen LogP contribution is 2.43. The molecule has 3 nitrogen and oxygen atoms in total. The second-order valence-corrected chi connectivity index (χ2v) is 6.96. The monoisotopic (exact) mass is 584 g/mol. The highest BCUT2D eigenvalue weighted by molar-refractivity contribution is 14.1. The van der Waals surface area contributed by atoms with Gasteiger partial charge in [-0.25, -0.2) is 0 Å². The number of phenols is 1. The van der Waals surface area contributed by atoms with Gasteiger partial charge in [0, 0.05) is 35.3 Å². The maximum atomic E-state index is 13.5. The third-order valence-corrected chi connectivity index (χ3v) is 4.62. The molecule has 0 aliphatic carbocycles. The fraction of sp³-hybridized carbons (Fsp3) is 0.500. The largest absolute Gasteiger partial charge is 0.506 e. The number of hydrogen-bond acceptors (Lipinski definition) is 3. The van der Waals surface area contributed by atoms with Crippen LogP contribution < -0.4 is 5.32 Å². The molecule has 1 saturated heterocycles. The average molecular weight is 585 g/mol. The third kappa shape index (κ3) is 5.40. The quantitative estimate of drug-likeness (QED) is 0.517. The Morgan fingerprint density at radius 3 is 2.18 bits per heavy atom. The molecule has 0 saturated carbocycles. The van der Waals surface area contributed by atoms with Crippen molar-refractivity contribution in [2.24, 2.45) is 0 Å². The van der Waals surface area contributed by atoms with Crippen molar-refractivity contribution >= 4 is 70.0 Å². The predicted octanol–water partition coefficient (Wildman–Crippen LogP) is 3.95. The molecule has 0 bridgehead atoms. The van der Waals surface area contributed by atoms with E-state index in [0.717, 1.165) is 0 Å². The fourth-order valence-electron chi connectivity index (χ4n) is 2.31. The highest BCUT2D eigenvalue weighted by atomic mass is 127. The molecule has 0 radical (unpaired) electrons. The lowest BCUT2D eigenvalue weighted by Crippen LogP contribution is -2.49. The van der Waals surface area contributed by atoms with Gasteiger partial charge < -0.3 is 10.4 Å². The van der Waals surface area contributed by atoms with E-state index < -0.39 is 12.2 Å². The molecule has 0 spiro atoms. The molecule has 1 aromatic carbocycles. The van der Waals surface area contributed by atoms with Crippen molar-refractivity contribution in [1.82, 2.24) is 10.2 Å². The number of halogens is 7. The van der Waals surface area contributed by atoms with Gasteiger partial charge in [-0.1, -0.05) is 0 Å². The summed E-state index contributed by atoms with van der Waals surface area (Å²) in [6.07, 6.45) is -4.41. The maximum Gasteiger partial charge on any atom is 0.408 e. The summed E-state index contributed by atoms with van der Waals surface area (Å²) in [6.45, 7) is 1.67. The van der Waals surface area contributed by atoms with Crippen LogP contribution in [-0.2, 0) is 0 Å². The Labute approximate surface area is 166 Å². The lowest BCUT2D eigenvalue weighted by molar-refractivity contribution is -0.188. The molecule has 1 atom stereocenters. The van der Waals surface area contributed by atoms with Crippen LogP contribution in [0.25, 0.3) is 0 Å². The number of nitrogens with zero attached hydrogens (tertiary/aromatic N) is 1. The van der Waals surface area contributed by atoms with Crippen molar-refractivity contribution in [1.29, 1.82) is 0 Å². The van der Waals surface area contributed by atoms with E-state index in [1.807, 2.05) is 45.2 Å². The van der Waals surface area contributed by atoms with E-state index in [1.165, 1.54) is 11.0 Å². The molecule has 2 rings (SSSR count). The Kier molecular flexibility index (Phi) is 9.63. The Morgan fingerprint density at radius 1 is 1.14 bits per heavy atom. The SMILES string of the molecule is Cl.Cl.Oc1c(I)cc(I)cc1[C@@H](N1CCNCC1)C(F)(F)F. The lowest BCUT2D eigenvalue weighted by atomic mass is 10.0. The Hall–Kier alpha value is 0.770. The number of hydrogen-bond donors (Lipinski definition) is 2. The molecule has 1 heterocycles. The highest BCUT2D eigenvalue weighted by Gasteiger charge is 2.46. The van der Waals surface area contributed by atoms with E-state index >= 15 is 0 Å². The zero-order valence-electron chi connectivity index (χ0n) is 11.2. The van der Waals surface area contributed by atoms with E-state index in [2.05, 4.69) is 5.32 Å². The zero-order valence-corrected chi connectivity index (χ0v) is 17.1. The Morgan fingerprint density at radius 2 is 1.68 bits per heavy atom. The van der Waals surface area contributed by atoms with Gasteiger partial charge in [-0.3, -0.25) is 4.90 Å². The van der Waals surface area contributed by atoms with Gasteiger partial charge in [-0.05, 0) is 57.3 Å². The van der Waals surface area contributed by atoms with Crippen LogP contribution in [-0.4, -0.2) is 42.4 Å². The minimum Gasteiger partial charge on any atom is -0.506 e. The molecule has 0 amide bonds. The van der Waals surface area contributed by atoms with Crippen molar-refractivity contribution in [2.75, 3.05) is 26.2 Å². The normalized spacial score (nSPS) is 17.3. The van der Waals surface area contributed by atoms with E-state index in [0.29, 0.717) is 33.3 Å². The first-order chi connectivity index (χ1) is 9.30. The van der Waals surface area contributed by atoms with Gasteiger partial charge in [0.25, 0.3) is 0 Å². The fourth-order valence-corrected chi connectivity index (χ4v) is 4.20. The molecule has 1 aromatic rings. The lowest BCUT2D eigenvalue weighted by Gasteiger charge is -2.36. The summed E-state index contributed by atoms with van der Waals surface area (Å²) in [7, 11) is 0. The second kappa shape index (κ2) is 9.30. The molecule has 22 heavy (non-hydrogen) atoms. The van der Waals surface area contributed by atoms with Gasteiger partial charge in [0.05, 0.1) is 3.57 Å². The molecule has 0 unspecified atom stereocenters. The number of benzene rings is 1. The van der Waals surface area contributed by atoms with Crippen LogP contribution >= 0.6 is 70.0 Å². The number of nitrogens with one attached hydrogen (secondary N) is 1. The van der Waals surface area contributed by atoms with Gasteiger partial charge in [0.1, 0.15) is 11.8 Å². The summed E-state index contributed by atoms with van der Waals surface area (Å²) in [5.41, 5.74) is -0.0595. The number of alkyl halides is 3. The van der Waals surface area contributed by atoms with E-state index in [-0.39, 0.29) is 36.1 Å². The first-order valence-corrected chi connectivity index (χ1v) is 8.16. The van der Waals surface area contributed by atoms with Crippen molar-refractivity contribution in [3.63, 3.8) is 0 Å². The van der Waals surface area contributed by atoms with Crippen LogP contribution in [0.3, 0.4) is 0 Å². The van der Waals surface area contributed by atoms with Crippen molar-refractivity contribution < 1.29 is 18.3 Å². The summed E-state index contributed by atoms with van der Waals surface area (Å²) in [5.74, 6) is -0.271. The van der Waals surface area contributed by atoms with Gasteiger partial charge in [0.15, 0.2) is 0 Å². The van der Waals surface area contributed by atoms with Crippen molar-refractivity contribution in [3.8, 4) is 5.75 Å². The van der Waals surface area contributed by atoms with Gasteiger partial charge in [0.2, 0.25) is 0 Å². The standard InChI is InChI=1S/C12H13F3I2N2O.2ClH/c13-12(14,15)11(19-3-1-18-2-4-19)8-5-7(16)6-9(17)10(8)20;;/h5-6,11,18,20H,1-4H2;2*1H/t11-;;/m1../s1. The minimum absolute atomic E-state index is 0. The predicted molar refractivity (Wildman–Crippen MR) is 101 cm³/mol. The molecular formula is C12H15Cl2F3I2N2O. The summed E-state index contributed by atoms with van der Waals surface area (Å²) < 4.78 is 41.5. The first kappa shape index (κ1) is 22.8. The number of rotatable bonds is 2. The number of aromatic hydroxyl groups is 1. The van der Waals surface area contributed by atoms with Crippen LogP contribution in [0.15, 0.2) is 12.1 Å². The molecular weight excluding hydrogens is 570 g/mol. The molecule has 1 fully saturated rings. The van der Waals surface area contributed by atoms with Crippen LogP contribution in [0.1, 0.15) is 11.6 Å². The van der Waals surface area contributed by atoms with Crippen LogP contribution in [0, 0.1) is 7.14 Å². The molecule has 2 N–H and O–H groups in total. The number of phenolic OH excluding ortho intramolecular Hbond substituents is 1. The maximum absolute atomic E-state index is 13.5. The van der Waals surface area contributed by atoms with Crippen LogP contribution in [0.5, 0.6) is 5.75 Å². The van der Waals surface area contributed by atoms with Gasteiger partial charge in [-0.2, -0.15) is 13.2 Å². The zero-order chi connectivity index (χ0) is 14.9. The van der Waals surface area contributed by atoms with Gasteiger partial charge >= 0.3 is 6.18 Å². The smallest absolute Gasteiger partial charge is 0.408 e. The van der Waals surface area contributed by atoms with Crippen molar-refractivity contribution in [2.45, 2.75) is 12.2 Å². The van der Waals surface area contributed by atoms with E-state index in [1.54, 1.807) is 6.07 Å². The van der Waals surface area contributed by atoms with Crippen molar-refractivity contribution in [3.05, 3.63) is 24.8 Å². The molecule has 1 aliphatic rings. The summed E-state index contributed by atoms with van der Waals surface area (Å²) >= 11 is 3.82. The minimum atomic E-state index is -4.41. The van der Waals surface area contributed by atoms with E-state index in [4.69, 9.17) is 0 Å². The Balaban J connectivity index is 0.00000220. The summed E-state index contributed by atoms with van der Waals surface area (Å²) in [4.78, 5) is 1.37. The van der Waals surface area contributed by atoms with Crippen LogP contribution in [0.2, 0.25) is 0 Å². The second-order valence-electron chi connectivity index (χ2n) is 4.56. The summed E-state index contributed by atoms with van der Waals surface area (Å²) in [5, 5.41) is 13.1. The van der Waals surface area contributed by atoms with Crippen LogP contribution in [0.4, 0.5) is 13.2 Å². The third-order valence-electron chi connectivity index (χ3n) is 3.18. The molecule has 128 valence electrons. The van der Waals surface area contributed by atoms with E-state index in [9.17, 15) is 18.3 Å². The molecule has 1 aliphatic heterocycles. The Bertz CT molecular complexity index is 500.